The molecule has 0 bridgehead atoms. The molecule has 3 aromatic rings. The molecule has 0 unspecified atom stereocenters. The van der Waals surface area contributed by atoms with E-state index in [2.05, 4.69) is 16.4 Å². The molecule has 0 fully saturated rings. The summed E-state index contributed by atoms with van der Waals surface area (Å²) >= 11 is 3.32. The molecule has 0 aliphatic rings. The SMILES string of the molecule is CSc1nc2ccc(NCc3ccccc3F)cc2s1. The summed E-state index contributed by atoms with van der Waals surface area (Å²) in [6, 6.07) is 12.9. The first kappa shape index (κ1) is 13.4. The van der Waals surface area contributed by atoms with Crippen molar-refractivity contribution >= 4 is 39.0 Å². The van der Waals surface area contributed by atoms with Gasteiger partial charge < -0.3 is 5.32 Å². The molecule has 0 radical (unpaired) electrons. The van der Waals surface area contributed by atoms with Crippen molar-refractivity contribution in [3.63, 3.8) is 0 Å². The van der Waals surface area contributed by atoms with Gasteiger partial charge in [0.25, 0.3) is 0 Å². The molecule has 0 spiro atoms. The van der Waals surface area contributed by atoms with Crippen molar-refractivity contribution in [1.82, 2.24) is 4.98 Å². The molecule has 0 atom stereocenters. The van der Waals surface area contributed by atoms with Gasteiger partial charge in [0.2, 0.25) is 0 Å². The van der Waals surface area contributed by atoms with Gasteiger partial charge in [-0.25, -0.2) is 9.37 Å². The standard InChI is InChI=1S/C15H13FN2S2/c1-19-15-18-13-7-6-11(8-14(13)20-15)17-9-10-4-2-3-5-12(10)16/h2-8,17H,9H2,1H3. The largest absolute Gasteiger partial charge is 0.381 e. The summed E-state index contributed by atoms with van der Waals surface area (Å²) < 4.78 is 15.8. The zero-order valence-corrected chi connectivity index (χ0v) is 12.5. The maximum Gasteiger partial charge on any atom is 0.150 e. The molecule has 2 aromatic carbocycles. The quantitative estimate of drug-likeness (QED) is 0.703. The van der Waals surface area contributed by atoms with Gasteiger partial charge in [-0.05, 0) is 30.5 Å². The maximum absolute atomic E-state index is 13.5. The minimum atomic E-state index is -0.177. The average Bonchev–Trinajstić information content (AvgIpc) is 2.88. The Balaban J connectivity index is 1.79. The number of hydrogen-bond donors (Lipinski definition) is 1. The number of nitrogens with zero attached hydrogens (tertiary/aromatic N) is 1. The first-order chi connectivity index (χ1) is 9.76. The first-order valence-electron chi connectivity index (χ1n) is 6.18. The van der Waals surface area contributed by atoms with E-state index in [0.717, 1.165) is 20.2 Å². The third kappa shape index (κ3) is 2.78. The van der Waals surface area contributed by atoms with Crippen LogP contribution in [0.15, 0.2) is 46.8 Å². The third-order valence-corrected chi connectivity index (χ3v) is 4.99. The Labute approximate surface area is 125 Å². The lowest BCUT2D eigenvalue weighted by atomic mass is 10.2. The number of fused-ring (bicyclic) bond motifs is 1. The van der Waals surface area contributed by atoms with Crippen molar-refractivity contribution in [3.8, 4) is 0 Å². The topological polar surface area (TPSA) is 24.9 Å². The normalized spacial score (nSPS) is 10.9. The lowest BCUT2D eigenvalue weighted by Crippen LogP contribution is -2.01. The second kappa shape index (κ2) is 5.81. The van der Waals surface area contributed by atoms with Crippen LogP contribution >= 0.6 is 23.1 Å². The Hall–Kier alpha value is -1.59. The smallest absolute Gasteiger partial charge is 0.150 e. The van der Waals surface area contributed by atoms with Gasteiger partial charge in [0.1, 0.15) is 5.82 Å². The number of aromatic nitrogens is 1. The van der Waals surface area contributed by atoms with Crippen LogP contribution in [0.2, 0.25) is 0 Å². The molecule has 0 aliphatic heterocycles. The number of nitrogens with one attached hydrogen (secondary N) is 1. The number of hydrogen-bond acceptors (Lipinski definition) is 4. The second-order valence-corrected chi connectivity index (χ2v) is 6.40. The monoisotopic (exact) mass is 304 g/mol. The Kier molecular flexibility index (Phi) is 3.89. The van der Waals surface area contributed by atoms with Crippen molar-refractivity contribution in [1.29, 1.82) is 0 Å². The number of rotatable bonds is 4. The van der Waals surface area contributed by atoms with Crippen molar-refractivity contribution in [2.45, 2.75) is 10.9 Å². The van der Waals surface area contributed by atoms with Crippen LogP contribution in [0.5, 0.6) is 0 Å². The van der Waals surface area contributed by atoms with Gasteiger partial charge in [-0.1, -0.05) is 30.0 Å². The van der Waals surface area contributed by atoms with Gasteiger partial charge in [-0.3, -0.25) is 0 Å². The van der Waals surface area contributed by atoms with Gasteiger partial charge in [0, 0.05) is 17.8 Å². The summed E-state index contributed by atoms with van der Waals surface area (Å²) in [6.45, 7) is 0.479. The van der Waals surface area contributed by atoms with E-state index in [1.165, 1.54) is 6.07 Å². The molecular weight excluding hydrogens is 291 g/mol. The molecule has 102 valence electrons. The summed E-state index contributed by atoms with van der Waals surface area (Å²) in [4.78, 5) is 4.50. The van der Waals surface area contributed by atoms with E-state index in [0.29, 0.717) is 12.1 Å². The zero-order valence-electron chi connectivity index (χ0n) is 10.9. The molecule has 3 rings (SSSR count). The Morgan fingerprint density at radius 3 is 2.90 bits per heavy atom. The fourth-order valence-electron chi connectivity index (χ4n) is 1.94. The molecule has 1 N–H and O–H groups in total. The molecule has 0 saturated heterocycles. The van der Waals surface area contributed by atoms with Crippen molar-refractivity contribution in [2.24, 2.45) is 0 Å². The van der Waals surface area contributed by atoms with Crippen molar-refractivity contribution in [2.75, 3.05) is 11.6 Å². The van der Waals surface area contributed by atoms with Crippen LogP contribution in [-0.4, -0.2) is 11.2 Å². The Morgan fingerprint density at radius 2 is 2.10 bits per heavy atom. The van der Waals surface area contributed by atoms with E-state index >= 15 is 0 Å². The third-order valence-electron chi connectivity index (χ3n) is 2.98. The highest BCUT2D eigenvalue weighted by atomic mass is 32.2. The first-order valence-corrected chi connectivity index (χ1v) is 8.22. The summed E-state index contributed by atoms with van der Waals surface area (Å²) in [5.74, 6) is -0.177. The molecular formula is C15H13FN2S2. The molecule has 0 aliphatic carbocycles. The van der Waals surface area contributed by atoms with Crippen molar-refractivity contribution in [3.05, 3.63) is 53.8 Å². The number of anilines is 1. The van der Waals surface area contributed by atoms with Crippen LogP contribution in [0.1, 0.15) is 5.56 Å². The van der Waals surface area contributed by atoms with E-state index < -0.39 is 0 Å². The van der Waals surface area contributed by atoms with E-state index in [9.17, 15) is 4.39 Å². The van der Waals surface area contributed by atoms with Gasteiger partial charge in [0.15, 0.2) is 4.34 Å². The zero-order chi connectivity index (χ0) is 13.9. The van der Waals surface area contributed by atoms with Crippen LogP contribution < -0.4 is 5.32 Å². The van der Waals surface area contributed by atoms with Crippen LogP contribution in [0.4, 0.5) is 10.1 Å². The summed E-state index contributed by atoms with van der Waals surface area (Å²) in [7, 11) is 0. The summed E-state index contributed by atoms with van der Waals surface area (Å²) in [6.07, 6.45) is 2.02. The van der Waals surface area contributed by atoms with E-state index in [-0.39, 0.29) is 5.82 Å². The molecule has 1 heterocycles. The lowest BCUT2D eigenvalue weighted by molar-refractivity contribution is 0.613. The second-order valence-electron chi connectivity index (χ2n) is 4.31. The molecule has 0 amide bonds. The predicted octanol–water partition coefficient (Wildman–Crippen LogP) is 4.77. The van der Waals surface area contributed by atoms with Crippen LogP contribution in [0.3, 0.4) is 0 Å². The Bertz CT molecular complexity index is 740. The minimum absolute atomic E-state index is 0.177. The Morgan fingerprint density at radius 1 is 1.25 bits per heavy atom. The fraction of sp³-hybridized carbons (Fsp3) is 0.133. The summed E-state index contributed by atoms with van der Waals surface area (Å²) in [5.41, 5.74) is 2.66. The average molecular weight is 304 g/mol. The van der Waals surface area contributed by atoms with Crippen molar-refractivity contribution < 1.29 is 4.39 Å². The van der Waals surface area contributed by atoms with Crippen LogP contribution in [-0.2, 0) is 6.54 Å². The maximum atomic E-state index is 13.5. The molecule has 5 heteroatoms. The van der Waals surface area contributed by atoms with Gasteiger partial charge in [0.05, 0.1) is 10.2 Å². The highest BCUT2D eigenvalue weighted by Crippen LogP contribution is 2.30. The van der Waals surface area contributed by atoms with Crippen LogP contribution in [0.25, 0.3) is 10.2 Å². The minimum Gasteiger partial charge on any atom is -0.381 e. The lowest BCUT2D eigenvalue weighted by Gasteiger charge is -2.07. The molecule has 1 aromatic heterocycles. The van der Waals surface area contributed by atoms with Gasteiger partial charge in [-0.15, -0.1) is 11.3 Å². The molecule has 20 heavy (non-hydrogen) atoms. The van der Waals surface area contributed by atoms with E-state index in [1.54, 1.807) is 35.2 Å². The van der Waals surface area contributed by atoms with Crippen LogP contribution in [0, 0.1) is 5.82 Å². The number of halogens is 1. The predicted molar refractivity (Wildman–Crippen MR) is 85.1 cm³/mol. The number of benzene rings is 2. The highest BCUT2D eigenvalue weighted by molar-refractivity contribution is 8.00. The van der Waals surface area contributed by atoms with E-state index in [4.69, 9.17) is 0 Å². The van der Waals surface area contributed by atoms with Gasteiger partial charge in [-0.2, -0.15) is 0 Å². The van der Waals surface area contributed by atoms with E-state index in [1.807, 2.05) is 24.5 Å². The number of thiazole rings is 1. The highest BCUT2D eigenvalue weighted by Gasteiger charge is 2.05. The van der Waals surface area contributed by atoms with Gasteiger partial charge >= 0.3 is 0 Å². The fourth-order valence-corrected chi connectivity index (χ4v) is 3.47. The summed E-state index contributed by atoms with van der Waals surface area (Å²) in [5, 5.41) is 3.25. The molecule has 0 saturated carbocycles. The molecule has 2 nitrogen and oxygen atoms in total. The number of thioether (sulfide) groups is 1.